The van der Waals surface area contributed by atoms with Crippen molar-refractivity contribution < 1.29 is 27.4 Å². The summed E-state index contributed by atoms with van der Waals surface area (Å²) in [5.74, 6) is -0.0128. The first-order valence-electron chi connectivity index (χ1n) is 12.1. The van der Waals surface area contributed by atoms with Crippen LogP contribution in [-0.2, 0) is 12.6 Å². The number of hydrogen-bond donors (Lipinski definition) is 3. The minimum atomic E-state index is -4.74. The van der Waals surface area contributed by atoms with Gasteiger partial charge in [-0.2, -0.15) is 18.2 Å². The van der Waals surface area contributed by atoms with Gasteiger partial charge in [0.05, 0.1) is 25.0 Å². The van der Waals surface area contributed by atoms with Crippen LogP contribution >= 0.6 is 0 Å². The third-order valence-corrected chi connectivity index (χ3v) is 5.89. The lowest BCUT2D eigenvalue weighted by molar-refractivity contribution is -0.137. The van der Waals surface area contributed by atoms with Crippen LogP contribution in [0.3, 0.4) is 0 Å². The second-order valence-corrected chi connectivity index (χ2v) is 8.52. The van der Waals surface area contributed by atoms with E-state index in [2.05, 4.69) is 32.0 Å². The Bertz CT molecular complexity index is 1330. The van der Waals surface area contributed by atoms with Gasteiger partial charge in [-0.15, -0.1) is 0 Å². The number of alkyl halides is 3. The molecule has 3 aromatic rings. The quantitative estimate of drug-likeness (QED) is 0.351. The number of aryl methyl sites for hydroxylation is 1. The van der Waals surface area contributed by atoms with E-state index in [0.29, 0.717) is 36.4 Å². The number of nitrogens with zero attached hydrogens (tertiary/aromatic N) is 2. The molecule has 1 aromatic heterocycles. The highest BCUT2D eigenvalue weighted by Gasteiger charge is 2.35. The van der Waals surface area contributed by atoms with E-state index < -0.39 is 23.5 Å². The zero-order chi connectivity index (χ0) is 27.1. The van der Waals surface area contributed by atoms with Gasteiger partial charge >= 0.3 is 6.18 Å². The molecule has 3 heterocycles. The largest absolute Gasteiger partial charge is 0.496 e. The Balaban J connectivity index is 1.79. The summed E-state index contributed by atoms with van der Waals surface area (Å²) in [7, 11) is 3.00. The number of amides is 1. The summed E-state index contributed by atoms with van der Waals surface area (Å²) in [5, 5.41) is 8.13. The monoisotopic (exact) mass is 527 g/mol. The zero-order valence-electron chi connectivity index (χ0n) is 21.0. The Hall–Kier alpha value is -4.28. The van der Waals surface area contributed by atoms with Gasteiger partial charge in [-0.3, -0.25) is 4.79 Å². The standard InChI is InChI=1S/C27H28F3N5O3/c1-31-25(36)20-12-11-19-15-22(20)34-24-21(27(28,29)30)16-32-26(35-24)33-18-10-9-17(23(14-18)37-2)8-6-4-3-5-7-13-38-19/h3,5,9-12,14-16H,4,6-8,13H2,1-2H3,(H,31,36)(H2,32,33,34,35)/b5-3+. The maximum Gasteiger partial charge on any atom is 0.421 e. The number of halogens is 3. The minimum absolute atomic E-state index is 0.0660. The van der Waals surface area contributed by atoms with Crippen molar-refractivity contribution in [2.75, 3.05) is 31.4 Å². The molecule has 38 heavy (non-hydrogen) atoms. The van der Waals surface area contributed by atoms with Crippen LogP contribution in [0.1, 0.15) is 40.7 Å². The van der Waals surface area contributed by atoms with Crippen molar-refractivity contribution in [3.05, 3.63) is 71.4 Å². The summed E-state index contributed by atoms with van der Waals surface area (Å²) >= 11 is 0. The summed E-state index contributed by atoms with van der Waals surface area (Å²) in [6.45, 7) is 0.361. The number of fused-ring (bicyclic) bond motifs is 8. The van der Waals surface area contributed by atoms with Crippen LogP contribution < -0.4 is 25.4 Å². The highest BCUT2D eigenvalue weighted by molar-refractivity contribution is 6.00. The molecule has 0 fully saturated rings. The van der Waals surface area contributed by atoms with Crippen LogP contribution in [0, 0.1) is 0 Å². The molecule has 0 atom stereocenters. The molecule has 1 amide bonds. The van der Waals surface area contributed by atoms with E-state index in [-0.39, 0.29) is 17.2 Å². The second kappa shape index (κ2) is 11.8. The number of methoxy groups -OCH3 is 1. The number of carbonyl (C=O) groups excluding carboxylic acids is 1. The molecule has 2 aliphatic heterocycles. The predicted molar refractivity (Wildman–Crippen MR) is 139 cm³/mol. The van der Waals surface area contributed by atoms with Crippen LogP contribution in [0.5, 0.6) is 11.5 Å². The first-order valence-corrected chi connectivity index (χ1v) is 12.1. The number of allylic oxidation sites excluding steroid dienone is 1. The van der Waals surface area contributed by atoms with Gasteiger partial charge in [-0.25, -0.2) is 4.98 Å². The molecule has 8 nitrogen and oxygen atoms in total. The number of carbonyl (C=O) groups is 1. The van der Waals surface area contributed by atoms with Gasteiger partial charge in [0.15, 0.2) is 0 Å². The number of ether oxygens (including phenoxy) is 2. The Morgan fingerprint density at radius 3 is 2.68 bits per heavy atom. The molecule has 0 aliphatic carbocycles. The Kier molecular flexibility index (Phi) is 8.35. The van der Waals surface area contributed by atoms with Crippen molar-refractivity contribution in [2.45, 2.75) is 31.9 Å². The maximum atomic E-state index is 13.9. The lowest BCUT2D eigenvalue weighted by Crippen LogP contribution is -2.20. The Labute approximate surface area is 218 Å². The molecule has 0 saturated heterocycles. The topological polar surface area (TPSA) is 97.4 Å². The van der Waals surface area contributed by atoms with Crippen LogP contribution in [0.15, 0.2) is 54.7 Å². The lowest BCUT2D eigenvalue weighted by atomic mass is 10.1. The van der Waals surface area contributed by atoms with E-state index in [1.165, 1.54) is 19.2 Å². The average molecular weight is 528 g/mol. The molecule has 2 aromatic carbocycles. The Morgan fingerprint density at radius 1 is 1.11 bits per heavy atom. The highest BCUT2D eigenvalue weighted by Crippen LogP contribution is 2.37. The number of benzene rings is 2. The fourth-order valence-corrected chi connectivity index (χ4v) is 3.97. The van der Waals surface area contributed by atoms with Crippen molar-refractivity contribution in [3.8, 4) is 11.5 Å². The molecular weight excluding hydrogens is 499 g/mol. The van der Waals surface area contributed by atoms with Crippen molar-refractivity contribution in [3.63, 3.8) is 0 Å². The van der Waals surface area contributed by atoms with Crippen molar-refractivity contribution in [1.29, 1.82) is 0 Å². The molecule has 200 valence electrons. The first kappa shape index (κ1) is 26.8. The zero-order valence-corrected chi connectivity index (χ0v) is 21.0. The number of nitrogens with one attached hydrogen (secondary N) is 3. The summed E-state index contributed by atoms with van der Waals surface area (Å²) < 4.78 is 52.9. The molecule has 0 radical (unpaired) electrons. The molecule has 11 heteroatoms. The minimum Gasteiger partial charge on any atom is -0.496 e. The molecular formula is C27H28F3N5O3. The van der Waals surface area contributed by atoms with Crippen LogP contribution in [0.4, 0.5) is 36.3 Å². The molecule has 6 bridgehead atoms. The molecule has 0 saturated carbocycles. The van der Waals surface area contributed by atoms with Gasteiger partial charge in [-0.1, -0.05) is 18.2 Å². The van der Waals surface area contributed by atoms with E-state index in [9.17, 15) is 18.0 Å². The molecule has 0 unspecified atom stereocenters. The van der Waals surface area contributed by atoms with E-state index >= 15 is 0 Å². The third kappa shape index (κ3) is 6.53. The molecule has 2 aliphatic rings. The number of hydrogen-bond acceptors (Lipinski definition) is 7. The molecule has 0 spiro atoms. The predicted octanol–water partition coefficient (Wildman–Crippen LogP) is 6.01. The van der Waals surface area contributed by atoms with E-state index in [1.807, 2.05) is 12.1 Å². The van der Waals surface area contributed by atoms with Gasteiger partial charge in [0.1, 0.15) is 22.9 Å². The van der Waals surface area contributed by atoms with Crippen molar-refractivity contribution >= 4 is 29.0 Å². The number of rotatable bonds is 2. The molecule has 3 N–H and O–H groups in total. The lowest BCUT2D eigenvalue weighted by Gasteiger charge is -2.18. The maximum absolute atomic E-state index is 13.9. The Morgan fingerprint density at radius 2 is 1.92 bits per heavy atom. The molecule has 5 rings (SSSR count). The summed E-state index contributed by atoms with van der Waals surface area (Å²) in [6.07, 6.45) is 3.33. The van der Waals surface area contributed by atoms with E-state index in [1.54, 1.807) is 25.3 Å². The van der Waals surface area contributed by atoms with Gasteiger partial charge < -0.3 is 25.4 Å². The summed E-state index contributed by atoms with van der Waals surface area (Å²) in [5.41, 5.74) is 0.709. The summed E-state index contributed by atoms with van der Waals surface area (Å²) in [4.78, 5) is 20.5. The van der Waals surface area contributed by atoms with Crippen molar-refractivity contribution in [1.82, 2.24) is 15.3 Å². The van der Waals surface area contributed by atoms with Crippen LogP contribution in [0.2, 0.25) is 0 Å². The van der Waals surface area contributed by atoms with Crippen LogP contribution in [0.25, 0.3) is 0 Å². The van der Waals surface area contributed by atoms with Gasteiger partial charge in [0, 0.05) is 31.1 Å². The van der Waals surface area contributed by atoms with Gasteiger partial charge in [0.25, 0.3) is 5.91 Å². The number of anilines is 4. The highest BCUT2D eigenvalue weighted by atomic mass is 19.4. The van der Waals surface area contributed by atoms with Gasteiger partial charge in [-0.05, 0) is 49.4 Å². The fraction of sp³-hybridized carbons (Fsp3) is 0.296. The van der Waals surface area contributed by atoms with Crippen molar-refractivity contribution in [2.24, 2.45) is 0 Å². The second-order valence-electron chi connectivity index (χ2n) is 8.52. The summed E-state index contributed by atoms with van der Waals surface area (Å²) in [6, 6.07) is 10.0. The first-order chi connectivity index (χ1) is 18.3. The van der Waals surface area contributed by atoms with Gasteiger partial charge in [0.2, 0.25) is 5.95 Å². The normalized spacial score (nSPS) is 14.9. The van der Waals surface area contributed by atoms with Crippen LogP contribution in [-0.4, -0.2) is 36.6 Å². The average Bonchev–Trinajstić information content (AvgIpc) is 2.89. The fourth-order valence-electron chi connectivity index (χ4n) is 3.97. The SMILES string of the molecule is CNC(=O)c1ccc2cc1Nc1nc(ncc1C(F)(F)F)Nc1ccc(c(OC)c1)CCC/C=C/CCO2. The smallest absolute Gasteiger partial charge is 0.421 e. The third-order valence-electron chi connectivity index (χ3n) is 5.89. The van der Waals surface area contributed by atoms with E-state index in [0.717, 1.165) is 24.8 Å². The van der Waals surface area contributed by atoms with E-state index in [4.69, 9.17) is 9.47 Å². The number of aromatic nitrogens is 2.